The van der Waals surface area contributed by atoms with Gasteiger partial charge in [0.25, 0.3) is 0 Å². The molecule has 3 heteroatoms. The molecular formula is C12H15N3. The number of aromatic nitrogens is 2. The second-order valence-electron chi connectivity index (χ2n) is 3.21. The highest BCUT2D eigenvalue weighted by molar-refractivity contribution is 5.32. The molecule has 2 N–H and O–H groups in total. The predicted molar refractivity (Wildman–Crippen MR) is 62.4 cm³/mol. The maximum Gasteiger partial charge on any atom is 0.0500 e. The molecule has 0 aliphatic heterocycles. The van der Waals surface area contributed by atoms with Gasteiger partial charge in [0.1, 0.15) is 0 Å². The third-order valence-corrected chi connectivity index (χ3v) is 1.71. The van der Waals surface area contributed by atoms with Gasteiger partial charge in [-0.3, -0.25) is 9.97 Å². The number of nitrogens with zero attached hydrogens (tertiary/aromatic N) is 2. The van der Waals surface area contributed by atoms with Gasteiger partial charge in [-0.1, -0.05) is 6.07 Å². The number of rotatable bonds is 0. The van der Waals surface area contributed by atoms with Crippen molar-refractivity contribution in [2.24, 2.45) is 0 Å². The van der Waals surface area contributed by atoms with E-state index in [4.69, 9.17) is 5.73 Å². The number of nitrogens with two attached hydrogens (primary N) is 1. The van der Waals surface area contributed by atoms with Crippen molar-refractivity contribution in [2.45, 2.75) is 13.8 Å². The molecular weight excluding hydrogens is 186 g/mol. The summed E-state index contributed by atoms with van der Waals surface area (Å²) in [6, 6.07) is 9.60. The molecule has 0 aromatic carbocycles. The number of hydrogen-bond donors (Lipinski definition) is 1. The first-order valence-corrected chi connectivity index (χ1v) is 4.74. The molecule has 0 unspecified atom stereocenters. The van der Waals surface area contributed by atoms with Crippen molar-refractivity contribution in [3.63, 3.8) is 0 Å². The molecule has 0 aliphatic rings. The van der Waals surface area contributed by atoms with Crippen LogP contribution in [0.15, 0.2) is 42.7 Å². The van der Waals surface area contributed by atoms with Crippen molar-refractivity contribution >= 4 is 5.69 Å². The summed E-state index contributed by atoms with van der Waals surface area (Å²) in [5.41, 5.74) is 8.18. The Morgan fingerprint density at radius 2 is 1.67 bits per heavy atom. The second-order valence-corrected chi connectivity index (χ2v) is 3.21. The van der Waals surface area contributed by atoms with Crippen LogP contribution in [0.4, 0.5) is 5.69 Å². The molecule has 0 atom stereocenters. The lowest BCUT2D eigenvalue weighted by Crippen LogP contribution is -1.82. The van der Waals surface area contributed by atoms with Crippen molar-refractivity contribution in [1.82, 2.24) is 9.97 Å². The van der Waals surface area contributed by atoms with Gasteiger partial charge in [0.05, 0.1) is 5.69 Å². The SMILES string of the molecule is Cc1cccc(C)n1.Nc1cccnc1. The molecule has 0 amide bonds. The highest BCUT2D eigenvalue weighted by Gasteiger charge is 1.82. The van der Waals surface area contributed by atoms with Crippen LogP contribution in [0.1, 0.15) is 11.4 Å². The molecule has 0 radical (unpaired) electrons. The van der Waals surface area contributed by atoms with E-state index < -0.39 is 0 Å². The van der Waals surface area contributed by atoms with Crippen LogP contribution in [-0.2, 0) is 0 Å². The predicted octanol–water partition coefficient (Wildman–Crippen LogP) is 2.36. The van der Waals surface area contributed by atoms with Gasteiger partial charge in [-0.05, 0) is 38.1 Å². The van der Waals surface area contributed by atoms with E-state index in [1.165, 1.54) is 0 Å². The molecule has 2 aromatic heterocycles. The Bertz CT molecular complexity index is 381. The summed E-state index contributed by atoms with van der Waals surface area (Å²) in [7, 11) is 0. The maximum absolute atomic E-state index is 5.30. The van der Waals surface area contributed by atoms with E-state index in [-0.39, 0.29) is 0 Å². The normalized spacial score (nSPS) is 8.93. The molecule has 0 saturated heterocycles. The Hall–Kier alpha value is -1.90. The topological polar surface area (TPSA) is 51.8 Å². The highest BCUT2D eigenvalue weighted by Crippen LogP contribution is 1.93. The lowest BCUT2D eigenvalue weighted by atomic mass is 10.3. The first-order chi connectivity index (χ1) is 7.18. The van der Waals surface area contributed by atoms with Gasteiger partial charge >= 0.3 is 0 Å². The Labute approximate surface area is 90.0 Å². The first-order valence-electron chi connectivity index (χ1n) is 4.74. The van der Waals surface area contributed by atoms with Gasteiger partial charge in [-0.15, -0.1) is 0 Å². The molecule has 2 aromatic rings. The van der Waals surface area contributed by atoms with Gasteiger partial charge in [-0.25, -0.2) is 0 Å². The molecule has 0 spiro atoms. The zero-order valence-corrected chi connectivity index (χ0v) is 9.01. The second kappa shape index (κ2) is 5.75. The molecule has 3 nitrogen and oxygen atoms in total. The average molecular weight is 201 g/mol. The minimum absolute atomic E-state index is 0.711. The fourth-order valence-electron chi connectivity index (χ4n) is 1.06. The smallest absolute Gasteiger partial charge is 0.0500 e. The van der Waals surface area contributed by atoms with Crippen LogP contribution in [0, 0.1) is 13.8 Å². The van der Waals surface area contributed by atoms with Crippen molar-refractivity contribution in [1.29, 1.82) is 0 Å². The summed E-state index contributed by atoms with van der Waals surface area (Å²) in [5, 5.41) is 0. The van der Waals surface area contributed by atoms with E-state index in [1.54, 1.807) is 24.5 Å². The largest absolute Gasteiger partial charge is 0.397 e. The molecule has 15 heavy (non-hydrogen) atoms. The van der Waals surface area contributed by atoms with Gasteiger partial charge < -0.3 is 5.73 Å². The van der Waals surface area contributed by atoms with Crippen LogP contribution in [0.5, 0.6) is 0 Å². The van der Waals surface area contributed by atoms with E-state index in [9.17, 15) is 0 Å². The van der Waals surface area contributed by atoms with E-state index in [0.717, 1.165) is 11.4 Å². The Kier molecular flexibility index (Phi) is 4.29. The van der Waals surface area contributed by atoms with Gasteiger partial charge in [0, 0.05) is 23.8 Å². The maximum atomic E-state index is 5.30. The lowest BCUT2D eigenvalue weighted by Gasteiger charge is -1.90. The monoisotopic (exact) mass is 201 g/mol. The van der Waals surface area contributed by atoms with E-state index >= 15 is 0 Å². The zero-order chi connectivity index (χ0) is 11.1. The molecule has 78 valence electrons. The third kappa shape index (κ3) is 4.76. The summed E-state index contributed by atoms with van der Waals surface area (Å²) < 4.78 is 0. The summed E-state index contributed by atoms with van der Waals surface area (Å²) in [6.45, 7) is 3.99. The standard InChI is InChI=1S/C7H9N.C5H6N2/c1-6-4-3-5-7(2)8-6;6-5-2-1-3-7-4-5/h3-5H,1-2H3;1-4H,6H2. The molecule has 0 saturated carbocycles. The van der Waals surface area contributed by atoms with Crippen molar-refractivity contribution in [2.75, 3.05) is 5.73 Å². The molecule has 0 fully saturated rings. The summed E-state index contributed by atoms with van der Waals surface area (Å²) >= 11 is 0. The molecule has 2 heterocycles. The van der Waals surface area contributed by atoms with Crippen LogP contribution in [0.25, 0.3) is 0 Å². The quantitative estimate of drug-likeness (QED) is 0.711. The summed E-state index contributed by atoms with van der Waals surface area (Å²) in [6.07, 6.45) is 3.30. The average Bonchev–Trinajstić information content (AvgIpc) is 2.19. The fourth-order valence-corrected chi connectivity index (χ4v) is 1.06. The molecule has 0 aliphatic carbocycles. The number of aryl methyl sites for hydroxylation is 2. The van der Waals surface area contributed by atoms with E-state index in [2.05, 4.69) is 9.97 Å². The van der Waals surface area contributed by atoms with E-state index in [1.807, 2.05) is 32.0 Å². The van der Waals surface area contributed by atoms with Crippen molar-refractivity contribution < 1.29 is 0 Å². The lowest BCUT2D eigenvalue weighted by molar-refractivity contribution is 1.12. The van der Waals surface area contributed by atoms with Crippen molar-refractivity contribution in [3.8, 4) is 0 Å². The first kappa shape index (κ1) is 11.2. The minimum Gasteiger partial charge on any atom is -0.397 e. The van der Waals surface area contributed by atoms with Gasteiger partial charge in [0.15, 0.2) is 0 Å². The minimum atomic E-state index is 0.711. The Morgan fingerprint density at radius 3 is 1.93 bits per heavy atom. The van der Waals surface area contributed by atoms with E-state index in [0.29, 0.717) is 5.69 Å². The fraction of sp³-hybridized carbons (Fsp3) is 0.167. The molecule has 0 bridgehead atoms. The zero-order valence-electron chi connectivity index (χ0n) is 9.01. The van der Waals surface area contributed by atoms with Crippen LogP contribution in [0.2, 0.25) is 0 Å². The summed E-state index contributed by atoms with van der Waals surface area (Å²) in [5.74, 6) is 0. The highest BCUT2D eigenvalue weighted by atomic mass is 14.7. The summed E-state index contributed by atoms with van der Waals surface area (Å²) in [4.78, 5) is 7.93. The Morgan fingerprint density at radius 1 is 1.00 bits per heavy atom. The number of nitrogen functional groups attached to an aromatic ring is 1. The van der Waals surface area contributed by atoms with Crippen molar-refractivity contribution in [3.05, 3.63) is 54.1 Å². The third-order valence-electron chi connectivity index (χ3n) is 1.71. The van der Waals surface area contributed by atoms with Crippen LogP contribution in [-0.4, -0.2) is 9.97 Å². The van der Waals surface area contributed by atoms with Crippen LogP contribution < -0.4 is 5.73 Å². The van der Waals surface area contributed by atoms with Gasteiger partial charge in [-0.2, -0.15) is 0 Å². The number of anilines is 1. The van der Waals surface area contributed by atoms with Crippen LogP contribution >= 0.6 is 0 Å². The Balaban J connectivity index is 0.000000151. The van der Waals surface area contributed by atoms with Gasteiger partial charge in [0.2, 0.25) is 0 Å². The number of hydrogen-bond acceptors (Lipinski definition) is 3. The van der Waals surface area contributed by atoms with Crippen LogP contribution in [0.3, 0.4) is 0 Å². The molecule has 2 rings (SSSR count). The number of pyridine rings is 2.